The second-order valence-corrected chi connectivity index (χ2v) is 6.58. The largest absolute Gasteiger partial charge is 0.310 e. The van der Waals surface area contributed by atoms with E-state index >= 15 is 0 Å². The minimum absolute atomic E-state index is 0.244. The number of hydrogen-bond donors (Lipinski definition) is 2. The van der Waals surface area contributed by atoms with Gasteiger partial charge in [-0.05, 0) is 13.0 Å². The molecule has 1 rings (SSSR count). The first-order valence-corrected chi connectivity index (χ1v) is 7.02. The summed E-state index contributed by atoms with van der Waals surface area (Å²) in [5, 5.41) is 8.31. The van der Waals surface area contributed by atoms with Crippen LogP contribution < -0.4 is 10.5 Å². The molecule has 0 radical (unpaired) electrons. The summed E-state index contributed by atoms with van der Waals surface area (Å²) in [7, 11) is -3.57. The van der Waals surface area contributed by atoms with Gasteiger partial charge in [-0.25, -0.2) is 13.6 Å². The first-order valence-electron chi connectivity index (χ1n) is 4.66. The smallest absolute Gasteiger partial charge is 0.239 e. The van der Waals surface area contributed by atoms with E-state index < -0.39 is 10.0 Å². The number of nitrogens with one attached hydrogen (secondary N) is 1. The lowest BCUT2D eigenvalue weighted by atomic mass is 10.3. The molecular weight excluding hydrogens is 232 g/mol. The highest BCUT2D eigenvalue weighted by Gasteiger charge is 2.15. The van der Waals surface area contributed by atoms with Crippen molar-refractivity contribution in [3.8, 4) is 0 Å². The number of sulfonamides is 1. The second kappa shape index (κ2) is 4.61. The Morgan fingerprint density at radius 2 is 2.13 bits per heavy atom. The van der Waals surface area contributed by atoms with E-state index in [-0.39, 0.29) is 4.90 Å². The van der Waals surface area contributed by atoms with Gasteiger partial charge in [0.05, 0.1) is 4.90 Å². The third-order valence-corrected chi connectivity index (χ3v) is 4.13. The highest BCUT2D eigenvalue weighted by atomic mass is 32.2. The Morgan fingerprint density at radius 3 is 2.53 bits per heavy atom. The number of nitrogens with two attached hydrogens (primary N) is 1. The molecule has 86 valence electrons. The second-order valence-electron chi connectivity index (χ2n) is 3.71. The molecule has 1 heterocycles. The normalized spacial score (nSPS) is 12.3. The van der Waals surface area contributed by atoms with Gasteiger partial charge in [0.25, 0.3) is 0 Å². The van der Waals surface area contributed by atoms with Crippen LogP contribution in [0.2, 0.25) is 0 Å². The van der Waals surface area contributed by atoms with Gasteiger partial charge in [-0.3, -0.25) is 0 Å². The van der Waals surface area contributed by atoms with E-state index in [0.29, 0.717) is 12.6 Å². The van der Waals surface area contributed by atoms with Gasteiger partial charge < -0.3 is 5.32 Å². The van der Waals surface area contributed by atoms with Gasteiger partial charge in [-0.1, -0.05) is 13.8 Å². The predicted molar refractivity (Wildman–Crippen MR) is 62.4 cm³/mol. The Labute approximate surface area is 94.5 Å². The number of thiophene rings is 1. The highest BCUT2D eigenvalue weighted by Crippen LogP contribution is 2.24. The maximum absolute atomic E-state index is 11.2. The van der Waals surface area contributed by atoms with Gasteiger partial charge in [-0.15, -0.1) is 11.3 Å². The van der Waals surface area contributed by atoms with Crippen LogP contribution in [0.15, 0.2) is 11.0 Å². The van der Waals surface area contributed by atoms with Gasteiger partial charge >= 0.3 is 0 Å². The quantitative estimate of drug-likeness (QED) is 0.841. The van der Waals surface area contributed by atoms with Crippen molar-refractivity contribution in [1.29, 1.82) is 0 Å². The molecule has 3 N–H and O–H groups in total. The van der Waals surface area contributed by atoms with E-state index in [2.05, 4.69) is 5.32 Å². The highest BCUT2D eigenvalue weighted by molar-refractivity contribution is 7.89. The molecule has 0 unspecified atom stereocenters. The standard InChI is InChI=1S/C9H16N2O2S2/c1-6(2)11-5-8-4-9(7(3)14-8)15(10,12)13/h4,6,11H,5H2,1-3H3,(H2,10,12,13). The Kier molecular flexibility index (Phi) is 3.88. The minimum Gasteiger partial charge on any atom is -0.310 e. The summed E-state index contributed by atoms with van der Waals surface area (Å²) in [6.45, 7) is 6.53. The SMILES string of the molecule is Cc1sc(CNC(C)C)cc1S(N)(=O)=O. The minimum atomic E-state index is -3.57. The molecule has 0 saturated heterocycles. The van der Waals surface area contributed by atoms with Crippen LogP contribution in [-0.4, -0.2) is 14.5 Å². The third kappa shape index (κ3) is 3.57. The topological polar surface area (TPSA) is 72.2 Å². The molecule has 0 aromatic carbocycles. The van der Waals surface area contributed by atoms with Crippen molar-refractivity contribution < 1.29 is 8.42 Å². The van der Waals surface area contributed by atoms with E-state index in [4.69, 9.17) is 5.14 Å². The fourth-order valence-electron chi connectivity index (χ4n) is 1.20. The van der Waals surface area contributed by atoms with Crippen LogP contribution in [0.1, 0.15) is 23.6 Å². The lowest BCUT2D eigenvalue weighted by Crippen LogP contribution is -2.21. The van der Waals surface area contributed by atoms with Crippen molar-refractivity contribution >= 4 is 21.4 Å². The molecule has 1 aromatic rings. The van der Waals surface area contributed by atoms with Crippen LogP contribution >= 0.6 is 11.3 Å². The summed E-state index contributed by atoms with van der Waals surface area (Å²) in [4.78, 5) is 1.98. The van der Waals surface area contributed by atoms with Crippen molar-refractivity contribution in [3.63, 3.8) is 0 Å². The van der Waals surface area contributed by atoms with Crippen LogP contribution in [0, 0.1) is 6.92 Å². The summed E-state index contributed by atoms with van der Waals surface area (Å²) < 4.78 is 22.3. The van der Waals surface area contributed by atoms with E-state index in [0.717, 1.165) is 9.75 Å². The van der Waals surface area contributed by atoms with E-state index in [1.165, 1.54) is 11.3 Å². The molecule has 15 heavy (non-hydrogen) atoms. The number of aryl methyl sites for hydroxylation is 1. The molecule has 0 amide bonds. The van der Waals surface area contributed by atoms with Crippen LogP contribution in [0.3, 0.4) is 0 Å². The van der Waals surface area contributed by atoms with Crippen molar-refractivity contribution in [2.24, 2.45) is 5.14 Å². The maximum Gasteiger partial charge on any atom is 0.239 e. The Balaban J connectivity index is 2.87. The van der Waals surface area contributed by atoms with Crippen molar-refractivity contribution in [2.75, 3.05) is 0 Å². The van der Waals surface area contributed by atoms with Crippen molar-refractivity contribution in [2.45, 2.75) is 38.3 Å². The van der Waals surface area contributed by atoms with Crippen LogP contribution in [0.4, 0.5) is 0 Å². The zero-order valence-corrected chi connectivity index (χ0v) is 10.7. The molecule has 0 atom stereocenters. The van der Waals surface area contributed by atoms with E-state index in [9.17, 15) is 8.42 Å². The summed E-state index contributed by atoms with van der Waals surface area (Å²) in [5.41, 5.74) is 0. The molecule has 1 aromatic heterocycles. The average molecular weight is 248 g/mol. The lowest BCUT2D eigenvalue weighted by molar-refractivity contribution is 0.591. The van der Waals surface area contributed by atoms with Gasteiger partial charge in [0, 0.05) is 22.3 Å². The molecule has 6 heteroatoms. The molecule has 0 aliphatic heterocycles. The fraction of sp³-hybridized carbons (Fsp3) is 0.556. The average Bonchev–Trinajstić information content (AvgIpc) is 2.42. The molecule has 0 fully saturated rings. The van der Waals surface area contributed by atoms with Gasteiger partial charge in [0.1, 0.15) is 0 Å². The summed E-state index contributed by atoms with van der Waals surface area (Å²) >= 11 is 1.46. The summed E-state index contributed by atoms with van der Waals surface area (Å²) in [6, 6.07) is 2.02. The number of rotatable bonds is 4. The Morgan fingerprint density at radius 1 is 1.53 bits per heavy atom. The van der Waals surface area contributed by atoms with Gasteiger partial charge in [0.2, 0.25) is 10.0 Å². The van der Waals surface area contributed by atoms with Crippen LogP contribution in [0.5, 0.6) is 0 Å². The maximum atomic E-state index is 11.2. The van der Waals surface area contributed by atoms with Gasteiger partial charge in [-0.2, -0.15) is 0 Å². The summed E-state index contributed by atoms with van der Waals surface area (Å²) in [6.07, 6.45) is 0. The van der Waals surface area contributed by atoms with Gasteiger partial charge in [0.15, 0.2) is 0 Å². The van der Waals surface area contributed by atoms with Crippen molar-refractivity contribution in [1.82, 2.24) is 5.32 Å². The van der Waals surface area contributed by atoms with Crippen LogP contribution in [0.25, 0.3) is 0 Å². The first-order chi connectivity index (χ1) is 6.80. The Bertz CT molecular complexity index is 435. The molecule has 0 aliphatic rings. The molecule has 4 nitrogen and oxygen atoms in total. The van der Waals surface area contributed by atoms with Crippen molar-refractivity contribution in [3.05, 3.63) is 15.8 Å². The Hall–Kier alpha value is -0.430. The van der Waals surface area contributed by atoms with E-state index in [1.807, 2.05) is 13.8 Å². The zero-order chi connectivity index (χ0) is 11.6. The molecule has 0 spiro atoms. The molecular formula is C9H16N2O2S2. The molecule has 0 aliphatic carbocycles. The zero-order valence-electron chi connectivity index (χ0n) is 9.07. The molecule has 0 saturated carbocycles. The lowest BCUT2D eigenvalue weighted by Gasteiger charge is -2.04. The third-order valence-electron chi connectivity index (χ3n) is 1.91. The van der Waals surface area contributed by atoms with Crippen LogP contribution in [-0.2, 0) is 16.6 Å². The monoisotopic (exact) mass is 248 g/mol. The molecule has 0 bridgehead atoms. The first kappa shape index (κ1) is 12.6. The van der Waals surface area contributed by atoms with E-state index in [1.54, 1.807) is 13.0 Å². The fourth-order valence-corrected chi connectivity index (χ4v) is 3.34. The number of hydrogen-bond acceptors (Lipinski definition) is 4. The number of primary sulfonamides is 1. The summed E-state index contributed by atoms with van der Waals surface area (Å²) in [5.74, 6) is 0. The predicted octanol–water partition coefficient (Wildman–Crippen LogP) is 1.20.